The maximum Gasteiger partial charge on any atom is 0.126 e. The number of aromatic nitrogens is 2. The normalized spacial score (nSPS) is 11.0. The number of phenols is 1. The average molecular weight is 269 g/mol. The summed E-state index contributed by atoms with van der Waals surface area (Å²) < 4.78 is 0.993. The molecule has 0 unspecified atom stereocenters. The summed E-state index contributed by atoms with van der Waals surface area (Å²) in [6, 6.07) is 9.37. The fourth-order valence-electron chi connectivity index (χ4n) is 1.99. The fraction of sp³-hybridized carbons (Fsp3) is 0.200. The van der Waals surface area contributed by atoms with Gasteiger partial charge in [0.2, 0.25) is 0 Å². The molecule has 0 aliphatic heterocycles. The van der Waals surface area contributed by atoms with E-state index in [0.29, 0.717) is 0 Å². The zero-order valence-electron chi connectivity index (χ0n) is 10.6. The Kier molecular flexibility index (Phi) is 3.17. The Labute approximate surface area is 115 Å². The third-order valence-corrected chi connectivity index (χ3v) is 4.02. The van der Waals surface area contributed by atoms with Crippen molar-refractivity contribution in [1.29, 1.82) is 0 Å². The van der Waals surface area contributed by atoms with Crippen LogP contribution in [0.3, 0.4) is 0 Å². The van der Waals surface area contributed by atoms with E-state index in [1.165, 1.54) is 0 Å². The predicted molar refractivity (Wildman–Crippen MR) is 78.5 cm³/mol. The van der Waals surface area contributed by atoms with E-state index in [1.54, 1.807) is 23.5 Å². The first-order chi connectivity index (χ1) is 9.26. The van der Waals surface area contributed by atoms with Crippen LogP contribution in [-0.4, -0.2) is 15.1 Å². The third kappa shape index (κ3) is 2.44. The minimum Gasteiger partial charge on any atom is -0.508 e. The summed E-state index contributed by atoms with van der Waals surface area (Å²) in [6.07, 6.45) is 3.99. The van der Waals surface area contributed by atoms with Gasteiger partial charge in [-0.25, -0.2) is 4.98 Å². The van der Waals surface area contributed by atoms with Crippen molar-refractivity contribution in [1.82, 2.24) is 9.97 Å². The zero-order valence-corrected chi connectivity index (χ0v) is 11.4. The maximum atomic E-state index is 9.47. The van der Waals surface area contributed by atoms with Gasteiger partial charge in [0.05, 0.1) is 10.2 Å². The number of benzene rings is 1. The van der Waals surface area contributed by atoms with Crippen LogP contribution in [0.25, 0.3) is 20.8 Å². The van der Waals surface area contributed by atoms with Gasteiger partial charge in [-0.1, -0.05) is 13.3 Å². The van der Waals surface area contributed by atoms with Gasteiger partial charge in [-0.3, -0.25) is 4.98 Å². The van der Waals surface area contributed by atoms with Crippen LogP contribution in [0.4, 0.5) is 0 Å². The molecule has 0 saturated heterocycles. The summed E-state index contributed by atoms with van der Waals surface area (Å²) in [5.41, 5.74) is 3.06. The van der Waals surface area contributed by atoms with Gasteiger partial charge in [0, 0.05) is 17.5 Å². The van der Waals surface area contributed by atoms with Gasteiger partial charge < -0.3 is 5.11 Å². The second kappa shape index (κ2) is 4.97. The molecule has 4 heteroatoms. The number of nitrogens with zero attached hydrogens (tertiary/aromatic N) is 2. The molecule has 1 N–H and O–H groups in total. The van der Waals surface area contributed by atoms with Crippen molar-refractivity contribution >= 4 is 21.6 Å². The van der Waals surface area contributed by atoms with E-state index in [4.69, 9.17) is 0 Å². The monoisotopic (exact) mass is 269 g/mol. The summed E-state index contributed by atoms with van der Waals surface area (Å²) in [5, 5.41) is 10.4. The molecule has 1 aromatic carbocycles. The molecule has 0 fully saturated rings. The van der Waals surface area contributed by atoms with E-state index in [2.05, 4.69) is 29.0 Å². The molecule has 0 aliphatic rings. The molecule has 0 spiro atoms. The summed E-state index contributed by atoms with van der Waals surface area (Å²) in [6.45, 7) is 2.15. The highest BCUT2D eigenvalue weighted by molar-refractivity contribution is 7.21. The fourth-order valence-corrected chi connectivity index (χ4v) is 2.98. The molecule has 0 amide bonds. The molecule has 0 saturated carbocycles. The Morgan fingerprint density at radius 2 is 2.11 bits per heavy atom. The number of fused-ring (bicyclic) bond motifs is 1. The van der Waals surface area contributed by atoms with Crippen molar-refractivity contribution < 1.29 is 5.11 Å². The lowest BCUT2D eigenvalue weighted by Crippen LogP contribution is -1.88. The summed E-state index contributed by atoms with van der Waals surface area (Å²) in [4.78, 5) is 9.02. The highest BCUT2D eigenvalue weighted by Gasteiger charge is 2.07. The van der Waals surface area contributed by atoms with Crippen LogP contribution >= 0.6 is 11.3 Å². The molecule has 0 bridgehead atoms. The van der Waals surface area contributed by atoms with E-state index in [9.17, 15) is 5.11 Å². The van der Waals surface area contributed by atoms with Gasteiger partial charge in [-0.05, 0) is 36.8 Å². The smallest absolute Gasteiger partial charge is 0.126 e. The molecule has 0 atom stereocenters. The lowest BCUT2D eigenvalue weighted by atomic mass is 9.87. The minimum absolute atomic E-state index is 0.277. The van der Waals surface area contributed by atoms with Crippen LogP contribution in [0.2, 0.25) is 0 Å². The molecule has 3 rings (SSSR count). The van der Waals surface area contributed by atoms with E-state index in [0.717, 1.165) is 39.3 Å². The predicted octanol–water partition coefficient (Wildman–Crippen LogP) is 4.02. The quantitative estimate of drug-likeness (QED) is 0.781. The number of phenolic OH excluding ortho intramolecular Hbond substituents is 1. The highest BCUT2D eigenvalue weighted by atomic mass is 32.1. The molecule has 96 valence electrons. The largest absolute Gasteiger partial charge is 0.508 e. The first kappa shape index (κ1) is 12.1. The van der Waals surface area contributed by atoms with Gasteiger partial charge in [-0.2, -0.15) is 0 Å². The summed E-state index contributed by atoms with van der Waals surface area (Å²) in [7, 11) is 0. The lowest BCUT2D eigenvalue weighted by molar-refractivity contribution is 0.476. The van der Waals surface area contributed by atoms with Crippen molar-refractivity contribution in [3.8, 4) is 16.3 Å². The Morgan fingerprint density at radius 1 is 1.21 bits per heavy atom. The Hall–Kier alpha value is -1.94. The number of rotatable bonds is 3. The standard InChI is InChI=1S/C15H14N2OS/c1-2-3-11-5-4-10(9-16-11)15-17-13-7-6-12(18)8-14(13)19-15/h4-9,18H,2-3H2,1H3/i2-1. The highest BCUT2D eigenvalue weighted by Crippen LogP contribution is 2.31. The molecular weight excluding hydrogens is 255 g/mol. The van der Waals surface area contributed by atoms with E-state index in [-0.39, 0.29) is 5.75 Å². The van der Waals surface area contributed by atoms with Crippen molar-refractivity contribution in [3.63, 3.8) is 0 Å². The van der Waals surface area contributed by atoms with Crippen LogP contribution in [0, 0.1) is 0 Å². The van der Waals surface area contributed by atoms with E-state index in [1.807, 2.05) is 12.3 Å². The van der Waals surface area contributed by atoms with Crippen LogP contribution in [-0.2, 0) is 6.42 Å². The number of aromatic hydroxyl groups is 1. The summed E-state index contributed by atoms with van der Waals surface area (Å²) >= 11 is 1.57. The Morgan fingerprint density at radius 3 is 2.84 bits per heavy atom. The third-order valence-electron chi connectivity index (χ3n) is 2.95. The van der Waals surface area contributed by atoms with Crippen LogP contribution < -0.4 is 0 Å². The Balaban J connectivity index is 1.99. The average Bonchev–Trinajstić information content (AvgIpc) is 2.83. The lowest BCUT2D eigenvalue weighted by Gasteiger charge is -1.99. The number of aryl methyl sites for hydroxylation is 1. The van der Waals surface area contributed by atoms with Crippen molar-refractivity contribution in [2.24, 2.45) is 0 Å². The van der Waals surface area contributed by atoms with Crippen LogP contribution in [0.1, 0.15) is 19.0 Å². The molecular formula is C15H14N2OS. The minimum atomic E-state index is 0.277. The van der Waals surface area contributed by atoms with Crippen molar-refractivity contribution in [2.45, 2.75) is 19.8 Å². The van der Waals surface area contributed by atoms with Gasteiger partial charge in [0.25, 0.3) is 0 Å². The molecule has 3 nitrogen and oxygen atoms in total. The van der Waals surface area contributed by atoms with Gasteiger partial charge >= 0.3 is 0 Å². The zero-order chi connectivity index (χ0) is 13.2. The SMILES string of the molecule is C[11CH2]Cc1ccc(-c2nc3ccc(O)cc3s2)cn1. The van der Waals surface area contributed by atoms with Gasteiger partial charge in [-0.15, -0.1) is 11.3 Å². The number of thiazole rings is 1. The first-order valence-corrected chi connectivity index (χ1v) is 7.13. The molecule has 2 heterocycles. The molecule has 2 aromatic heterocycles. The molecule has 19 heavy (non-hydrogen) atoms. The van der Waals surface area contributed by atoms with E-state index >= 15 is 0 Å². The Bertz CT molecular complexity index is 704. The number of pyridine rings is 1. The summed E-state index contributed by atoms with van der Waals surface area (Å²) in [5.74, 6) is 0.277. The topological polar surface area (TPSA) is 46.0 Å². The molecule has 0 radical (unpaired) electrons. The number of hydrogen-bond donors (Lipinski definition) is 1. The maximum absolute atomic E-state index is 9.47. The number of hydrogen-bond acceptors (Lipinski definition) is 4. The van der Waals surface area contributed by atoms with Gasteiger partial charge in [0.1, 0.15) is 10.8 Å². The van der Waals surface area contributed by atoms with E-state index < -0.39 is 0 Å². The van der Waals surface area contributed by atoms with Gasteiger partial charge in [0.15, 0.2) is 0 Å². The molecule has 3 aromatic rings. The van der Waals surface area contributed by atoms with Crippen molar-refractivity contribution in [3.05, 3.63) is 42.2 Å². The second-order valence-electron chi connectivity index (χ2n) is 4.46. The van der Waals surface area contributed by atoms with Crippen LogP contribution in [0.15, 0.2) is 36.5 Å². The van der Waals surface area contributed by atoms with Crippen LogP contribution in [0.5, 0.6) is 5.75 Å². The molecule has 0 aliphatic carbocycles. The second-order valence-corrected chi connectivity index (χ2v) is 5.49. The first-order valence-electron chi connectivity index (χ1n) is 6.31. The van der Waals surface area contributed by atoms with Crippen molar-refractivity contribution in [2.75, 3.05) is 0 Å².